The van der Waals surface area contributed by atoms with Crippen molar-refractivity contribution in [2.45, 2.75) is 6.92 Å². The summed E-state index contributed by atoms with van der Waals surface area (Å²) in [7, 11) is 0. The van der Waals surface area contributed by atoms with Crippen molar-refractivity contribution in [3.05, 3.63) is 41.6 Å². The molecule has 1 fully saturated rings. The van der Waals surface area contributed by atoms with Crippen LogP contribution >= 0.6 is 0 Å². The predicted molar refractivity (Wildman–Crippen MR) is 93.3 cm³/mol. The molecule has 0 aliphatic carbocycles. The van der Waals surface area contributed by atoms with Gasteiger partial charge in [-0.25, -0.2) is 9.78 Å². The normalized spacial score (nSPS) is 14.3. The standard InChI is InChI=1S/C17H19N5O3/c1-12-10-15(19-14-5-3-2-4-13(14)16(24)25)20-17(18-12)22-8-6-21(11-23)7-9-22/h2-5,10-11H,6-9H2,1H3,(H,24,25)(H,18,19,20). The fourth-order valence-corrected chi connectivity index (χ4v) is 2.70. The number of nitrogens with one attached hydrogen (secondary N) is 1. The second-order valence-corrected chi connectivity index (χ2v) is 5.80. The van der Waals surface area contributed by atoms with Crippen molar-refractivity contribution in [2.24, 2.45) is 0 Å². The molecule has 0 atom stereocenters. The van der Waals surface area contributed by atoms with E-state index >= 15 is 0 Å². The maximum Gasteiger partial charge on any atom is 0.337 e. The fraction of sp³-hybridized carbons (Fsp3) is 0.294. The number of para-hydroxylation sites is 1. The van der Waals surface area contributed by atoms with Crippen LogP contribution in [0.3, 0.4) is 0 Å². The van der Waals surface area contributed by atoms with Gasteiger partial charge in [0.1, 0.15) is 5.82 Å². The highest BCUT2D eigenvalue weighted by atomic mass is 16.4. The van der Waals surface area contributed by atoms with Crippen LogP contribution in [0.4, 0.5) is 17.5 Å². The van der Waals surface area contributed by atoms with E-state index in [0.29, 0.717) is 43.6 Å². The largest absolute Gasteiger partial charge is 0.478 e. The molecule has 0 unspecified atom stereocenters. The molecule has 2 N–H and O–H groups in total. The Bertz CT molecular complexity index is 788. The Kier molecular flexibility index (Phi) is 4.78. The second kappa shape index (κ2) is 7.16. The molecule has 1 aliphatic rings. The molecule has 1 aliphatic heterocycles. The summed E-state index contributed by atoms with van der Waals surface area (Å²) in [6.45, 7) is 4.44. The van der Waals surface area contributed by atoms with Gasteiger partial charge in [-0.1, -0.05) is 12.1 Å². The van der Waals surface area contributed by atoms with Crippen LogP contribution in [-0.4, -0.2) is 58.5 Å². The molecule has 0 saturated carbocycles. The van der Waals surface area contributed by atoms with Crippen LogP contribution in [0.1, 0.15) is 16.1 Å². The SMILES string of the molecule is Cc1cc(Nc2ccccc2C(=O)O)nc(N2CCN(C=O)CC2)n1. The lowest BCUT2D eigenvalue weighted by molar-refractivity contribution is -0.118. The third kappa shape index (κ3) is 3.85. The van der Waals surface area contributed by atoms with Gasteiger partial charge in [-0.05, 0) is 19.1 Å². The Labute approximate surface area is 145 Å². The lowest BCUT2D eigenvalue weighted by atomic mass is 10.2. The number of aromatic nitrogens is 2. The highest BCUT2D eigenvalue weighted by Crippen LogP contribution is 2.22. The average molecular weight is 341 g/mol. The van der Waals surface area contributed by atoms with E-state index in [1.165, 1.54) is 6.07 Å². The summed E-state index contributed by atoms with van der Waals surface area (Å²) < 4.78 is 0. The molecule has 25 heavy (non-hydrogen) atoms. The molecule has 2 heterocycles. The van der Waals surface area contributed by atoms with Gasteiger partial charge in [0.05, 0.1) is 11.3 Å². The lowest BCUT2D eigenvalue weighted by Crippen LogP contribution is -2.46. The molecule has 130 valence electrons. The van der Waals surface area contributed by atoms with Gasteiger partial charge < -0.3 is 20.2 Å². The zero-order valence-corrected chi connectivity index (χ0v) is 13.8. The molecule has 1 aromatic carbocycles. The Morgan fingerprint density at radius 2 is 1.92 bits per heavy atom. The van der Waals surface area contributed by atoms with Crippen LogP contribution in [0.25, 0.3) is 0 Å². The van der Waals surface area contributed by atoms with Gasteiger partial charge in [0.2, 0.25) is 12.4 Å². The van der Waals surface area contributed by atoms with Crippen LogP contribution in [-0.2, 0) is 4.79 Å². The van der Waals surface area contributed by atoms with Crippen molar-refractivity contribution in [3.8, 4) is 0 Å². The number of carbonyl (C=O) groups excluding carboxylic acids is 1. The Morgan fingerprint density at radius 3 is 2.60 bits per heavy atom. The van der Waals surface area contributed by atoms with Crippen LogP contribution < -0.4 is 10.2 Å². The number of rotatable bonds is 5. The number of aryl methyl sites for hydroxylation is 1. The van der Waals surface area contributed by atoms with Gasteiger partial charge in [0, 0.05) is 37.9 Å². The highest BCUT2D eigenvalue weighted by Gasteiger charge is 2.19. The second-order valence-electron chi connectivity index (χ2n) is 5.80. The monoisotopic (exact) mass is 341 g/mol. The number of carbonyl (C=O) groups is 2. The lowest BCUT2D eigenvalue weighted by Gasteiger charge is -2.32. The van der Waals surface area contributed by atoms with Crippen LogP contribution in [0.15, 0.2) is 30.3 Å². The maximum atomic E-state index is 11.3. The summed E-state index contributed by atoms with van der Waals surface area (Å²) in [5, 5.41) is 12.4. The van der Waals surface area contributed by atoms with Gasteiger partial charge in [0.15, 0.2) is 0 Å². The summed E-state index contributed by atoms with van der Waals surface area (Å²) in [6, 6.07) is 8.45. The van der Waals surface area contributed by atoms with Gasteiger partial charge in [-0.2, -0.15) is 4.98 Å². The Morgan fingerprint density at radius 1 is 1.20 bits per heavy atom. The summed E-state index contributed by atoms with van der Waals surface area (Å²) in [6.07, 6.45) is 0.851. The number of benzene rings is 1. The minimum atomic E-state index is -1.00. The van der Waals surface area contributed by atoms with Gasteiger partial charge in [-0.15, -0.1) is 0 Å². The zero-order valence-electron chi connectivity index (χ0n) is 13.8. The number of aromatic carboxylic acids is 1. The summed E-state index contributed by atoms with van der Waals surface area (Å²) in [5.74, 6) is 0.106. The number of hydrogen-bond acceptors (Lipinski definition) is 6. The third-order valence-electron chi connectivity index (χ3n) is 4.01. The first-order valence-corrected chi connectivity index (χ1v) is 7.96. The quantitative estimate of drug-likeness (QED) is 0.795. The summed E-state index contributed by atoms with van der Waals surface area (Å²) in [4.78, 5) is 34.9. The first-order valence-electron chi connectivity index (χ1n) is 7.96. The Hall–Kier alpha value is -3.16. The highest BCUT2D eigenvalue weighted by molar-refractivity contribution is 5.95. The average Bonchev–Trinajstić information content (AvgIpc) is 2.61. The molecule has 0 bridgehead atoms. The van der Waals surface area contributed by atoms with Crippen molar-refractivity contribution >= 4 is 29.8 Å². The zero-order chi connectivity index (χ0) is 17.8. The van der Waals surface area contributed by atoms with E-state index in [0.717, 1.165) is 12.1 Å². The van der Waals surface area contributed by atoms with E-state index in [2.05, 4.69) is 15.3 Å². The van der Waals surface area contributed by atoms with E-state index in [1.807, 2.05) is 11.8 Å². The molecule has 0 spiro atoms. The molecule has 3 rings (SSSR count). The van der Waals surface area contributed by atoms with Gasteiger partial charge in [-0.3, -0.25) is 4.79 Å². The van der Waals surface area contributed by atoms with Gasteiger partial charge >= 0.3 is 5.97 Å². The first kappa shape index (κ1) is 16.7. The molecule has 1 saturated heterocycles. The fourth-order valence-electron chi connectivity index (χ4n) is 2.70. The van der Waals surface area contributed by atoms with E-state index in [9.17, 15) is 14.7 Å². The first-order chi connectivity index (χ1) is 12.1. The molecule has 0 radical (unpaired) electrons. The van der Waals surface area contributed by atoms with E-state index in [1.54, 1.807) is 29.2 Å². The minimum absolute atomic E-state index is 0.180. The van der Waals surface area contributed by atoms with Crippen molar-refractivity contribution in [1.82, 2.24) is 14.9 Å². The van der Waals surface area contributed by atoms with Gasteiger partial charge in [0.25, 0.3) is 0 Å². The number of piperazine rings is 1. The number of carboxylic acids is 1. The summed E-state index contributed by atoms with van der Waals surface area (Å²) in [5.41, 5.74) is 1.43. The molecular formula is C17H19N5O3. The molecule has 1 amide bonds. The van der Waals surface area contributed by atoms with Crippen molar-refractivity contribution < 1.29 is 14.7 Å². The van der Waals surface area contributed by atoms with Crippen LogP contribution in [0, 0.1) is 6.92 Å². The Balaban J connectivity index is 1.83. The number of carboxylic acid groups (broad SMARTS) is 1. The molecule has 2 aromatic rings. The van der Waals surface area contributed by atoms with Crippen molar-refractivity contribution in [1.29, 1.82) is 0 Å². The smallest absolute Gasteiger partial charge is 0.337 e. The van der Waals surface area contributed by atoms with Crippen LogP contribution in [0.5, 0.6) is 0 Å². The van der Waals surface area contributed by atoms with E-state index in [-0.39, 0.29) is 5.56 Å². The molecular weight excluding hydrogens is 322 g/mol. The minimum Gasteiger partial charge on any atom is -0.478 e. The topological polar surface area (TPSA) is 98.7 Å². The molecule has 1 aromatic heterocycles. The van der Waals surface area contributed by atoms with Crippen molar-refractivity contribution in [2.75, 3.05) is 36.4 Å². The number of amides is 1. The van der Waals surface area contributed by atoms with Crippen LogP contribution in [0.2, 0.25) is 0 Å². The third-order valence-corrected chi connectivity index (χ3v) is 4.01. The molecule has 8 nitrogen and oxygen atoms in total. The summed E-state index contributed by atoms with van der Waals surface area (Å²) >= 11 is 0. The predicted octanol–water partition coefficient (Wildman–Crippen LogP) is 1.51. The maximum absolute atomic E-state index is 11.3. The number of nitrogens with zero attached hydrogens (tertiary/aromatic N) is 4. The molecule has 8 heteroatoms. The number of anilines is 3. The van der Waals surface area contributed by atoms with E-state index in [4.69, 9.17) is 0 Å². The number of hydrogen-bond donors (Lipinski definition) is 2. The van der Waals surface area contributed by atoms with E-state index < -0.39 is 5.97 Å². The van der Waals surface area contributed by atoms with Crippen molar-refractivity contribution in [3.63, 3.8) is 0 Å².